The van der Waals surface area contributed by atoms with Gasteiger partial charge < -0.3 is 4.74 Å². The molecule has 0 aromatic heterocycles. The predicted molar refractivity (Wildman–Crippen MR) is 89.0 cm³/mol. The molecule has 0 fully saturated rings. The zero-order valence-corrected chi connectivity index (χ0v) is 13.7. The molecule has 1 N–H and O–H groups in total. The molecule has 10 nitrogen and oxygen atoms in total. The number of ether oxygens (including phenoxy) is 1. The molecule has 0 aliphatic carbocycles. The van der Waals surface area contributed by atoms with Crippen molar-refractivity contribution in [1.82, 2.24) is 0 Å². The van der Waals surface area contributed by atoms with Gasteiger partial charge in [-0.3, -0.25) is 25.0 Å². The highest BCUT2D eigenvalue weighted by molar-refractivity contribution is 7.92. The molecule has 0 atom stereocenters. The smallest absolute Gasteiger partial charge is 0.273 e. The lowest BCUT2D eigenvalue weighted by atomic mass is 10.2. The van der Waals surface area contributed by atoms with Crippen LogP contribution in [0.1, 0.15) is 5.56 Å². The second kappa shape index (κ2) is 7.13. The normalized spacial score (nSPS) is 10.9. The molecule has 2 rings (SSSR count). The molecule has 0 amide bonds. The molecule has 0 aliphatic heterocycles. The first-order valence-electron chi connectivity index (χ1n) is 6.78. The Morgan fingerprint density at radius 3 is 2.08 bits per heavy atom. The van der Waals surface area contributed by atoms with Crippen molar-refractivity contribution < 1.29 is 23.0 Å². The van der Waals surface area contributed by atoms with Crippen LogP contribution in [0.2, 0.25) is 0 Å². The summed E-state index contributed by atoms with van der Waals surface area (Å²) < 4.78 is 30.4. The number of sulfonamides is 1. The minimum absolute atomic E-state index is 0.0297. The van der Waals surface area contributed by atoms with Crippen molar-refractivity contribution in [2.24, 2.45) is 0 Å². The average Bonchev–Trinajstić information content (AvgIpc) is 2.52. The summed E-state index contributed by atoms with van der Waals surface area (Å²) >= 11 is 0. The summed E-state index contributed by atoms with van der Waals surface area (Å²) in [5.74, 6) is -0.0297. The third-order valence-corrected chi connectivity index (χ3v) is 3.60. The summed E-state index contributed by atoms with van der Waals surface area (Å²) in [6.07, 6.45) is 0.939. The third kappa shape index (κ3) is 5.14. The number of nitro benzene ring substituents is 2. The van der Waals surface area contributed by atoms with Gasteiger partial charge in [0, 0.05) is 18.2 Å². The van der Waals surface area contributed by atoms with E-state index in [9.17, 15) is 28.6 Å². The second-order valence-corrected chi connectivity index (χ2v) is 6.77. The van der Waals surface area contributed by atoms with Crippen LogP contribution in [-0.2, 0) is 16.6 Å². The van der Waals surface area contributed by atoms with Gasteiger partial charge in [0.1, 0.15) is 6.61 Å². The minimum Gasteiger partial charge on any atom is -0.486 e. The zero-order valence-electron chi connectivity index (χ0n) is 12.9. The molecule has 0 heterocycles. The van der Waals surface area contributed by atoms with Crippen LogP contribution in [0.5, 0.6) is 5.75 Å². The van der Waals surface area contributed by atoms with Crippen molar-refractivity contribution in [3.8, 4) is 5.75 Å². The van der Waals surface area contributed by atoms with E-state index < -0.39 is 19.9 Å². The molecule has 2 aromatic carbocycles. The molecule has 0 bridgehead atoms. The Balaban J connectivity index is 2.24. The van der Waals surface area contributed by atoms with Crippen LogP contribution in [0.15, 0.2) is 42.5 Å². The summed E-state index contributed by atoms with van der Waals surface area (Å²) in [6.45, 7) is -0.0579. The van der Waals surface area contributed by atoms with Crippen molar-refractivity contribution >= 4 is 27.1 Å². The summed E-state index contributed by atoms with van der Waals surface area (Å²) in [6, 6.07) is 9.00. The summed E-state index contributed by atoms with van der Waals surface area (Å²) in [5, 5.41) is 21.5. The van der Waals surface area contributed by atoms with Crippen molar-refractivity contribution in [2.75, 3.05) is 11.0 Å². The number of nitro groups is 2. The van der Waals surface area contributed by atoms with Crippen LogP contribution in [0.25, 0.3) is 0 Å². The largest absolute Gasteiger partial charge is 0.486 e. The van der Waals surface area contributed by atoms with Gasteiger partial charge in [0.05, 0.1) is 27.9 Å². The first-order chi connectivity index (χ1) is 11.7. The summed E-state index contributed by atoms with van der Waals surface area (Å²) in [4.78, 5) is 20.3. The fourth-order valence-electron chi connectivity index (χ4n) is 1.90. The molecule has 0 saturated carbocycles. The van der Waals surface area contributed by atoms with Crippen LogP contribution in [0.3, 0.4) is 0 Å². The lowest BCUT2D eigenvalue weighted by Gasteiger charge is -2.12. The van der Waals surface area contributed by atoms with Gasteiger partial charge in [-0.25, -0.2) is 8.42 Å². The van der Waals surface area contributed by atoms with Gasteiger partial charge in [-0.1, -0.05) is 0 Å². The van der Waals surface area contributed by atoms with Gasteiger partial charge in [-0.05, 0) is 23.8 Å². The minimum atomic E-state index is -3.61. The zero-order chi connectivity index (χ0) is 18.6. The predicted octanol–water partition coefficient (Wildman–Crippen LogP) is 2.45. The van der Waals surface area contributed by atoms with Crippen LogP contribution >= 0.6 is 0 Å². The maximum absolute atomic E-state index is 11.4. The molecule has 11 heteroatoms. The topological polar surface area (TPSA) is 142 Å². The average molecular weight is 367 g/mol. The van der Waals surface area contributed by atoms with Gasteiger partial charge in [-0.2, -0.15) is 0 Å². The number of benzene rings is 2. The molecule has 2 aromatic rings. The monoisotopic (exact) mass is 367 g/mol. The van der Waals surface area contributed by atoms with E-state index in [4.69, 9.17) is 4.74 Å². The van der Waals surface area contributed by atoms with Crippen LogP contribution in [0.4, 0.5) is 17.1 Å². The Morgan fingerprint density at radius 2 is 1.56 bits per heavy atom. The Kier molecular flexibility index (Phi) is 5.17. The Hall–Kier alpha value is -3.21. The molecule has 0 aliphatic rings. The van der Waals surface area contributed by atoms with E-state index in [0.717, 1.165) is 18.4 Å². The summed E-state index contributed by atoms with van der Waals surface area (Å²) in [7, 11) is -3.61. The van der Waals surface area contributed by atoms with E-state index in [-0.39, 0.29) is 29.4 Å². The number of nitrogens with one attached hydrogen (secondary N) is 1. The molecule has 0 unspecified atom stereocenters. The Morgan fingerprint density at radius 1 is 1.00 bits per heavy atom. The Labute approximate surface area is 142 Å². The molecule has 0 radical (unpaired) electrons. The third-order valence-electron chi connectivity index (χ3n) is 3.01. The maximum Gasteiger partial charge on any atom is 0.273 e. The second-order valence-electron chi connectivity index (χ2n) is 5.02. The summed E-state index contributed by atoms with van der Waals surface area (Å²) in [5.41, 5.74) is 0.272. The van der Waals surface area contributed by atoms with Gasteiger partial charge in [0.25, 0.3) is 11.4 Å². The highest BCUT2D eigenvalue weighted by Crippen LogP contribution is 2.30. The quantitative estimate of drug-likeness (QED) is 0.585. The van der Waals surface area contributed by atoms with Gasteiger partial charge in [-0.15, -0.1) is 0 Å². The molecule has 0 saturated heterocycles. The fourth-order valence-corrected chi connectivity index (χ4v) is 2.47. The Bertz CT molecular complexity index is 911. The lowest BCUT2D eigenvalue weighted by molar-refractivity contribution is -0.385. The van der Waals surface area contributed by atoms with Crippen molar-refractivity contribution in [3.63, 3.8) is 0 Å². The van der Waals surface area contributed by atoms with E-state index in [0.29, 0.717) is 5.56 Å². The van der Waals surface area contributed by atoms with E-state index in [1.165, 1.54) is 30.3 Å². The van der Waals surface area contributed by atoms with E-state index in [1.54, 1.807) is 0 Å². The van der Waals surface area contributed by atoms with Gasteiger partial charge in [0.15, 0.2) is 5.75 Å². The molecule has 25 heavy (non-hydrogen) atoms. The number of non-ortho nitro benzene ring substituents is 2. The fraction of sp³-hybridized carbons (Fsp3) is 0.143. The van der Waals surface area contributed by atoms with Crippen molar-refractivity contribution in [3.05, 3.63) is 68.3 Å². The number of hydrogen-bond donors (Lipinski definition) is 1. The first-order valence-corrected chi connectivity index (χ1v) is 8.67. The van der Waals surface area contributed by atoms with E-state index in [2.05, 4.69) is 4.72 Å². The highest BCUT2D eigenvalue weighted by Gasteiger charge is 2.15. The highest BCUT2D eigenvalue weighted by atomic mass is 32.2. The lowest BCUT2D eigenvalue weighted by Crippen LogP contribution is -2.11. The molecule has 0 spiro atoms. The molecule has 132 valence electrons. The van der Waals surface area contributed by atoms with E-state index >= 15 is 0 Å². The van der Waals surface area contributed by atoms with Crippen molar-refractivity contribution in [1.29, 1.82) is 0 Å². The maximum atomic E-state index is 11.4. The van der Waals surface area contributed by atoms with Crippen LogP contribution in [-0.4, -0.2) is 24.5 Å². The van der Waals surface area contributed by atoms with Crippen LogP contribution in [0, 0.1) is 20.2 Å². The van der Waals surface area contributed by atoms with Crippen LogP contribution < -0.4 is 9.46 Å². The van der Waals surface area contributed by atoms with Crippen molar-refractivity contribution in [2.45, 2.75) is 6.61 Å². The number of hydrogen-bond acceptors (Lipinski definition) is 7. The SMILES string of the molecule is CS(=O)(=O)Nc1ccc([N+](=O)[O-])cc1OCc1ccc([N+](=O)[O-])cc1. The first kappa shape index (κ1) is 18.1. The van der Waals surface area contributed by atoms with Gasteiger partial charge in [0.2, 0.25) is 10.0 Å². The number of rotatable bonds is 7. The molecular formula is C14H13N3O7S. The van der Waals surface area contributed by atoms with E-state index in [1.807, 2.05) is 0 Å². The number of anilines is 1. The molecular weight excluding hydrogens is 354 g/mol. The standard InChI is InChI=1S/C14H13N3O7S/c1-25(22,23)15-13-7-6-12(17(20)21)8-14(13)24-9-10-2-4-11(5-3-10)16(18)19/h2-8,15H,9H2,1H3. The number of nitrogens with zero attached hydrogens (tertiary/aromatic N) is 2. The van der Waals surface area contributed by atoms with Gasteiger partial charge >= 0.3 is 0 Å².